The highest BCUT2D eigenvalue weighted by atomic mass is 35.5. The molecule has 1 unspecified atom stereocenters. The second kappa shape index (κ2) is 11.7. The molecule has 0 bridgehead atoms. The molecule has 0 radical (unpaired) electrons. The second-order valence-electron chi connectivity index (χ2n) is 10.4. The SMILES string of the molecule is CCn1c(=O)n(CC2CC2)c(=O)c2cc(NC(=O)N3CCCC(COc4ccc(C=NC)c(Cl)c4)C3)ccc21. The summed E-state index contributed by atoms with van der Waals surface area (Å²) >= 11 is 6.31. The van der Waals surface area contributed by atoms with Crippen LogP contribution in [-0.2, 0) is 13.1 Å². The molecule has 1 saturated carbocycles. The molecule has 1 atom stereocenters. The normalized spacial score (nSPS) is 17.6. The molecule has 1 aliphatic carbocycles. The summed E-state index contributed by atoms with van der Waals surface area (Å²) in [7, 11) is 1.70. The van der Waals surface area contributed by atoms with Crippen molar-refractivity contribution in [2.24, 2.45) is 16.8 Å². The van der Waals surface area contributed by atoms with Crippen LogP contribution in [0.15, 0.2) is 51.0 Å². The van der Waals surface area contributed by atoms with Gasteiger partial charge in [0.15, 0.2) is 0 Å². The number of halogens is 1. The van der Waals surface area contributed by atoms with Gasteiger partial charge in [-0.2, -0.15) is 0 Å². The van der Waals surface area contributed by atoms with E-state index in [-0.39, 0.29) is 23.2 Å². The Balaban J connectivity index is 1.26. The molecule has 2 aliphatic rings. The minimum Gasteiger partial charge on any atom is -0.493 e. The van der Waals surface area contributed by atoms with Gasteiger partial charge >= 0.3 is 11.7 Å². The standard InChI is InChI=1S/C29H34ClN5O4/c1-3-34-26-11-9-22(13-24(26)27(36)35(29(34)38)17-19-6-7-19)32-28(37)33-12-4-5-20(16-33)18-39-23-10-8-21(15-31-2)25(30)14-23/h8-11,13-15,19-20H,3-7,12,16-18H2,1-2H3,(H,32,37). The maximum atomic E-state index is 13.2. The van der Waals surface area contributed by atoms with Crippen LogP contribution in [0.5, 0.6) is 5.75 Å². The van der Waals surface area contributed by atoms with Crippen molar-refractivity contribution in [1.82, 2.24) is 14.0 Å². The Bertz CT molecular complexity index is 1520. The molecule has 10 heteroatoms. The molecule has 5 rings (SSSR count). The zero-order valence-corrected chi connectivity index (χ0v) is 23.1. The number of piperidine rings is 1. The van der Waals surface area contributed by atoms with Crippen molar-refractivity contribution in [3.8, 4) is 5.75 Å². The van der Waals surface area contributed by atoms with E-state index < -0.39 is 0 Å². The van der Waals surface area contributed by atoms with E-state index in [9.17, 15) is 14.4 Å². The van der Waals surface area contributed by atoms with Gasteiger partial charge in [-0.3, -0.25) is 18.9 Å². The lowest BCUT2D eigenvalue weighted by Gasteiger charge is -2.32. The summed E-state index contributed by atoms with van der Waals surface area (Å²) in [4.78, 5) is 45.1. The highest BCUT2D eigenvalue weighted by Crippen LogP contribution is 2.30. The Hall–Kier alpha value is -3.59. The quantitative estimate of drug-likeness (QED) is 0.413. The summed E-state index contributed by atoms with van der Waals surface area (Å²) in [5.74, 6) is 1.26. The Kier molecular flexibility index (Phi) is 8.07. The number of ether oxygens (including phenoxy) is 1. The number of rotatable bonds is 8. The van der Waals surface area contributed by atoms with Crippen LogP contribution in [0.4, 0.5) is 10.5 Å². The fourth-order valence-electron chi connectivity index (χ4n) is 5.17. The second-order valence-corrected chi connectivity index (χ2v) is 10.8. The Morgan fingerprint density at radius 1 is 1.13 bits per heavy atom. The molecule has 1 N–H and O–H groups in total. The van der Waals surface area contributed by atoms with Crippen molar-refractivity contribution >= 4 is 40.4 Å². The van der Waals surface area contributed by atoms with Crippen LogP contribution in [0.2, 0.25) is 5.02 Å². The van der Waals surface area contributed by atoms with E-state index in [1.54, 1.807) is 47.0 Å². The number of urea groups is 1. The number of hydrogen-bond acceptors (Lipinski definition) is 5. The largest absolute Gasteiger partial charge is 0.493 e. The number of carbonyl (C=O) groups is 1. The van der Waals surface area contributed by atoms with Gasteiger partial charge in [0.2, 0.25) is 0 Å². The van der Waals surface area contributed by atoms with Crippen LogP contribution in [0.1, 0.15) is 38.2 Å². The third-order valence-electron chi connectivity index (χ3n) is 7.46. The molecule has 0 spiro atoms. The first-order valence-corrected chi connectivity index (χ1v) is 13.9. The highest BCUT2D eigenvalue weighted by molar-refractivity contribution is 6.33. The smallest absolute Gasteiger partial charge is 0.331 e. The third-order valence-corrected chi connectivity index (χ3v) is 7.79. The highest BCUT2D eigenvalue weighted by Gasteiger charge is 2.26. The van der Waals surface area contributed by atoms with E-state index in [0.29, 0.717) is 66.1 Å². The summed E-state index contributed by atoms with van der Waals surface area (Å²) in [6.45, 7) is 4.50. The molecule has 2 heterocycles. The monoisotopic (exact) mass is 551 g/mol. The first-order valence-electron chi connectivity index (χ1n) is 13.6. The number of likely N-dealkylation sites (tertiary alicyclic amines) is 1. The summed E-state index contributed by atoms with van der Waals surface area (Å²) in [6.07, 6.45) is 5.62. The van der Waals surface area contributed by atoms with Crippen LogP contribution in [-0.4, -0.2) is 53.0 Å². The van der Waals surface area contributed by atoms with Gasteiger partial charge < -0.3 is 15.0 Å². The molecule has 1 aliphatic heterocycles. The Morgan fingerprint density at radius 3 is 2.67 bits per heavy atom. The number of nitrogens with zero attached hydrogens (tertiary/aromatic N) is 4. The summed E-state index contributed by atoms with van der Waals surface area (Å²) < 4.78 is 8.96. The van der Waals surface area contributed by atoms with Crippen molar-refractivity contribution in [1.29, 1.82) is 0 Å². The lowest BCUT2D eigenvalue weighted by molar-refractivity contribution is 0.145. The maximum absolute atomic E-state index is 13.2. The van der Waals surface area contributed by atoms with Gasteiger partial charge in [0, 0.05) is 56.6 Å². The molecule has 206 valence electrons. The average molecular weight is 552 g/mol. The molecule has 2 aromatic carbocycles. The molecule has 2 amide bonds. The van der Waals surface area contributed by atoms with Crippen molar-refractivity contribution in [3.05, 3.63) is 67.8 Å². The van der Waals surface area contributed by atoms with Crippen LogP contribution >= 0.6 is 11.6 Å². The molecular weight excluding hydrogens is 518 g/mol. The fraction of sp³-hybridized carbons (Fsp3) is 0.448. The maximum Gasteiger partial charge on any atom is 0.331 e. The minimum atomic E-state index is -0.298. The number of aromatic nitrogens is 2. The molecular formula is C29H34ClN5O4. The average Bonchev–Trinajstić information content (AvgIpc) is 3.76. The van der Waals surface area contributed by atoms with E-state index in [4.69, 9.17) is 16.3 Å². The third kappa shape index (κ3) is 6.03. The van der Waals surface area contributed by atoms with E-state index in [0.717, 1.165) is 31.2 Å². The number of carbonyl (C=O) groups excluding carboxylic acids is 1. The minimum absolute atomic E-state index is 0.186. The van der Waals surface area contributed by atoms with Gasteiger partial charge in [0.1, 0.15) is 5.75 Å². The Labute approximate surface area is 232 Å². The Morgan fingerprint density at radius 2 is 1.95 bits per heavy atom. The molecule has 3 aromatic rings. The number of benzene rings is 2. The van der Waals surface area contributed by atoms with Gasteiger partial charge in [-0.15, -0.1) is 0 Å². The zero-order chi connectivity index (χ0) is 27.5. The van der Waals surface area contributed by atoms with Gasteiger partial charge in [0.25, 0.3) is 5.56 Å². The molecule has 9 nitrogen and oxygen atoms in total. The van der Waals surface area contributed by atoms with Crippen molar-refractivity contribution in [2.45, 2.75) is 45.7 Å². The number of aliphatic imine (C=N–C) groups is 1. The number of anilines is 1. The lowest BCUT2D eigenvalue weighted by atomic mass is 9.99. The summed E-state index contributed by atoms with van der Waals surface area (Å²) in [5.41, 5.74) is 1.39. The number of amides is 2. The van der Waals surface area contributed by atoms with Crippen molar-refractivity contribution in [2.75, 3.05) is 32.1 Å². The van der Waals surface area contributed by atoms with Crippen LogP contribution in [0.3, 0.4) is 0 Å². The fourth-order valence-corrected chi connectivity index (χ4v) is 5.39. The predicted octanol–water partition coefficient (Wildman–Crippen LogP) is 4.62. The van der Waals surface area contributed by atoms with E-state index in [1.165, 1.54) is 4.57 Å². The first-order chi connectivity index (χ1) is 18.9. The number of hydrogen-bond donors (Lipinski definition) is 1. The van der Waals surface area contributed by atoms with Gasteiger partial charge in [-0.1, -0.05) is 11.6 Å². The van der Waals surface area contributed by atoms with E-state index in [1.807, 2.05) is 19.1 Å². The summed E-state index contributed by atoms with van der Waals surface area (Å²) in [5, 5.41) is 3.97. The summed E-state index contributed by atoms with van der Waals surface area (Å²) in [6, 6.07) is 10.5. The zero-order valence-electron chi connectivity index (χ0n) is 22.4. The number of aryl methyl sites for hydroxylation is 1. The molecule has 1 aromatic heterocycles. The van der Waals surface area contributed by atoms with Crippen molar-refractivity contribution < 1.29 is 9.53 Å². The van der Waals surface area contributed by atoms with Gasteiger partial charge in [-0.25, -0.2) is 9.59 Å². The predicted molar refractivity (Wildman–Crippen MR) is 155 cm³/mol. The van der Waals surface area contributed by atoms with Crippen molar-refractivity contribution in [3.63, 3.8) is 0 Å². The van der Waals surface area contributed by atoms with Gasteiger partial charge in [0.05, 0.1) is 22.5 Å². The van der Waals surface area contributed by atoms with Crippen LogP contribution < -0.4 is 21.3 Å². The lowest BCUT2D eigenvalue weighted by Crippen LogP contribution is -2.43. The molecule has 39 heavy (non-hydrogen) atoms. The van der Waals surface area contributed by atoms with Gasteiger partial charge in [-0.05, 0) is 74.9 Å². The van der Waals surface area contributed by atoms with Crippen LogP contribution in [0.25, 0.3) is 10.9 Å². The topological polar surface area (TPSA) is 97.9 Å². The van der Waals surface area contributed by atoms with Crippen LogP contribution in [0, 0.1) is 11.8 Å². The number of fused-ring (bicyclic) bond motifs is 1. The molecule has 2 fully saturated rings. The number of nitrogens with one attached hydrogen (secondary N) is 1. The van der Waals surface area contributed by atoms with E-state index >= 15 is 0 Å². The van der Waals surface area contributed by atoms with E-state index in [2.05, 4.69) is 10.3 Å². The first kappa shape index (κ1) is 27.0. The molecule has 1 saturated heterocycles.